The van der Waals surface area contributed by atoms with Crippen LogP contribution in [0.4, 0.5) is 0 Å². The third kappa shape index (κ3) is 3.03. The summed E-state index contributed by atoms with van der Waals surface area (Å²) in [5.74, 6) is 0. The third-order valence-electron chi connectivity index (χ3n) is 4.42. The zero-order chi connectivity index (χ0) is 15.1. The summed E-state index contributed by atoms with van der Waals surface area (Å²) in [5.41, 5.74) is 0.591. The molecular weight excluding hydrogens is 273 g/mol. The van der Waals surface area contributed by atoms with E-state index in [1.807, 2.05) is 18.2 Å². The number of nitrogens with zero attached hydrogens (tertiary/aromatic N) is 1. The van der Waals surface area contributed by atoms with Crippen molar-refractivity contribution in [3.05, 3.63) is 11.5 Å². The Morgan fingerprint density at radius 2 is 1.80 bits per heavy atom. The van der Waals surface area contributed by atoms with Crippen LogP contribution in [0.3, 0.4) is 0 Å². The lowest BCUT2D eigenvalue weighted by molar-refractivity contribution is 0.00578. The van der Waals surface area contributed by atoms with Crippen molar-refractivity contribution in [2.45, 2.75) is 64.4 Å². The summed E-state index contributed by atoms with van der Waals surface area (Å²) in [7, 11) is -1.15. The highest BCUT2D eigenvalue weighted by atomic mass is 32.2. The Balaban J connectivity index is 2.02. The van der Waals surface area contributed by atoms with Gasteiger partial charge in [0, 0.05) is 18.3 Å². The smallest absolute Gasteiger partial charge is 0.400 e. The van der Waals surface area contributed by atoms with Crippen LogP contribution >= 0.6 is 0 Å². The van der Waals surface area contributed by atoms with E-state index in [9.17, 15) is 4.21 Å². The fraction of sp³-hybridized carbons (Fsp3) is 0.857. The van der Waals surface area contributed by atoms with Gasteiger partial charge in [-0.2, -0.15) is 0 Å². The van der Waals surface area contributed by atoms with E-state index in [4.69, 9.17) is 9.31 Å². The quantitative estimate of drug-likeness (QED) is 0.751. The molecular formula is C14H26BNO3S. The minimum atomic E-state index is -0.898. The molecule has 0 saturated carbocycles. The molecule has 0 spiro atoms. The largest absolute Gasteiger partial charge is 0.490 e. The summed E-state index contributed by atoms with van der Waals surface area (Å²) < 4.78 is 26.2. The Hall–Kier alpha value is -0.165. The molecule has 0 aromatic carbocycles. The van der Waals surface area contributed by atoms with E-state index in [1.54, 1.807) is 0 Å². The fourth-order valence-corrected chi connectivity index (χ4v) is 3.43. The highest BCUT2D eigenvalue weighted by Crippen LogP contribution is 2.39. The lowest BCUT2D eigenvalue weighted by atomic mass is 9.75. The summed E-state index contributed by atoms with van der Waals surface area (Å²) in [6, 6.07) is 0. The van der Waals surface area contributed by atoms with Crippen molar-refractivity contribution >= 4 is 18.1 Å². The number of hydrogen-bond acceptors (Lipinski definition) is 3. The number of rotatable bonds is 3. The van der Waals surface area contributed by atoms with E-state index < -0.39 is 11.0 Å². The second-order valence-electron chi connectivity index (χ2n) is 6.83. The SMILES string of the molecule is CC(C)S(=O)N1CC=C(B2OC(C)(C)C(C)(C)O2)CC1. The van der Waals surface area contributed by atoms with Crippen LogP contribution in [-0.4, -0.2) is 45.2 Å². The van der Waals surface area contributed by atoms with Crippen LogP contribution in [0, 0.1) is 0 Å². The Morgan fingerprint density at radius 3 is 2.20 bits per heavy atom. The van der Waals surface area contributed by atoms with E-state index in [-0.39, 0.29) is 23.6 Å². The van der Waals surface area contributed by atoms with Crippen LogP contribution in [0.15, 0.2) is 11.5 Å². The zero-order valence-corrected chi connectivity index (χ0v) is 14.3. The summed E-state index contributed by atoms with van der Waals surface area (Å²) >= 11 is 0. The maximum Gasteiger partial charge on any atom is 0.490 e. The first-order valence-electron chi connectivity index (χ1n) is 7.34. The molecule has 0 aromatic heterocycles. The van der Waals surface area contributed by atoms with Gasteiger partial charge in [-0.15, -0.1) is 0 Å². The molecule has 1 atom stereocenters. The minimum absolute atomic E-state index is 0.168. The molecule has 1 unspecified atom stereocenters. The Bertz CT molecular complexity index is 418. The van der Waals surface area contributed by atoms with Crippen molar-refractivity contribution in [1.29, 1.82) is 0 Å². The summed E-state index contributed by atoms with van der Waals surface area (Å²) in [4.78, 5) is 0. The van der Waals surface area contributed by atoms with Crippen molar-refractivity contribution in [2.75, 3.05) is 13.1 Å². The van der Waals surface area contributed by atoms with E-state index in [0.29, 0.717) is 6.54 Å². The Labute approximate surface area is 125 Å². The molecule has 2 heterocycles. The second-order valence-corrected chi connectivity index (χ2v) is 8.84. The van der Waals surface area contributed by atoms with Gasteiger partial charge in [0.1, 0.15) is 0 Å². The van der Waals surface area contributed by atoms with Crippen LogP contribution in [-0.2, 0) is 20.3 Å². The maximum atomic E-state index is 12.1. The van der Waals surface area contributed by atoms with Gasteiger partial charge in [-0.25, -0.2) is 8.51 Å². The monoisotopic (exact) mass is 299 g/mol. The van der Waals surface area contributed by atoms with Gasteiger partial charge in [-0.1, -0.05) is 6.08 Å². The van der Waals surface area contributed by atoms with Crippen molar-refractivity contribution in [2.24, 2.45) is 0 Å². The molecule has 1 saturated heterocycles. The van der Waals surface area contributed by atoms with Crippen LogP contribution < -0.4 is 0 Å². The molecule has 1 fully saturated rings. The Morgan fingerprint density at radius 1 is 1.25 bits per heavy atom. The van der Waals surface area contributed by atoms with Gasteiger partial charge in [-0.3, -0.25) is 0 Å². The van der Waals surface area contributed by atoms with Gasteiger partial charge >= 0.3 is 7.12 Å². The topological polar surface area (TPSA) is 38.8 Å². The zero-order valence-electron chi connectivity index (χ0n) is 13.4. The van der Waals surface area contributed by atoms with E-state index >= 15 is 0 Å². The van der Waals surface area contributed by atoms with Gasteiger partial charge in [0.25, 0.3) is 0 Å². The second kappa shape index (κ2) is 5.56. The standard InChI is InChI=1S/C14H26BNO3S/c1-11(2)20(17)16-9-7-12(8-10-16)15-18-13(3,4)14(5,6)19-15/h7,11H,8-10H2,1-6H3. The summed E-state index contributed by atoms with van der Waals surface area (Å²) in [6.45, 7) is 13.8. The average Bonchev–Trinajstić information content (AvgIpc) is 2.57. The number of hydrogen-bond donors (Lipinski definition) is 0. The van der Waals surface area contributed by atoms with E-state index in [2.05, 4.69) is 33.8 Å². The molecule has 20 heavy (non-hydrogen) atoms. The fourth-order valence-electron chi connectivity index (χ4n) is 2.34. The summed E-state index contributed by atoms with van der Waals surface area (Å²) in [5, 5.41) is 0.168. The molecule has 0 amide bonds. The van der Waals surface area contributed by atoms with Crippen molar-refractivity contribution in [1.82, 2.24) is 4.31 Å². The predicted octanol–water partition coefficient (Wildman–Crippen LogP) is 2.32. The highest BCUT2D eigenvalue weighted by Gasteiger charge is 2.52. The maximum absolute atomic E-state index is 12.1. The molecule has 4 nitrogen and oxygen atoms in total. The Kier molecular flexibility index (Phi) is 4.50. The molecule has 0 bridgehead atoms. The van der Waals surface area contributed by atoms with E-state index in [0.717, 1.165) is 13.0 Å². The first kappa shape index (κ1) is 16.2. The van der Waals surface area contributed by atoms with Crippen LogP contribution in [0.2, 0.25) is 0 Å². The van der Waals surface area contributed by atoms with Crippen LogP contribution in [0.25, 0.3) is 0 Å². The van der Waals surface area contributed by atoms with Crippen molar-refractivity contribution < 1.29 is 13.5 Å². The van der Waals surface area contributed by atoms with Gasteiger partial charge in [-0.05, 0) is 53.4 Å². The van der Waals surface area contributed by atoms with Gasteiger partial charge in [0.2, 0.25) is 0 Å². The highest BCUT2D eigenvalue weighted by molar-refractivity contribution is 7.83. The van der Waals surface area contributed by atoms with Gasteiger partial charge in [0.15, 0.2) is 0 Å². The lowest BCUT2D eigenvalue weighted by Crippen LogP contribution is -2.41. The molecule has 0 aliphatic carbocycles. The molecule has 0 radical (unpaired) electrons. The molecule has 114 valence electrons. The third-order valence-corrected chi connectivity index (χ3v) is 6.07. The normalized spacial score (nSPS) is 27.8. The predicted molar refractivity (Wildman–Crippen MR) is 83.6 cm³/mol. The molecule has 0 N–H and O–H groups in total. The lowest BCUT2D eigenvalue weighted by Gasteiger charge is -2.32. The van der Waals surface area contributed by atoms with Crippen molar-refractivity contribution in [3.8, 4) is 0 Å². The molecule has 2 aliphatic rings. The van der Waals surface area contributed by atoms with Gasteiger partial charge < -0.3 is 9.31 Å². The molecule has 0 aromatic rings. The van der Waals surface area contributed by atoms with Crippen molar-refractivity contribution in [3.63, 3.8) is 0 Å². The minimum Gasteiger partial charge on any atom is -0.400 e. The molecule has 6 heteroatoms. The summed E-state index contributed by atoms with van der Waals surface area (Å²) in [6.07, 6.45) is 2.97. The molecule has 2 aliphatic heterocycles. The van der Waals surface area contributed by atoms with Gasteiger partial charge in [0.05, 0.1) is 22.2 Å². The van der Waals surface area contributed by atoms with Crippen LogP contribution in [0.1, 0.15) is 48.0 Å². The first-order chi connectivity index (χ1) is 9.14. The van der Waals surface area contributed by atoms with E-state index in [1.165, 1.54) is 5.47 Å². The first-order valence-corrected chi connectivity index (χ1v) is 8.51. The van der Waals surface area contributed by atoms with Crippen LogP contribution in [0.5, 0.6) is 0 Å². The average molecular weight is 299 g/mol. The molecule has 2 rings (SSSR count).